The molecule has 15 nitrogen and oxygen atoms in total. The number of halogens is 1. The SMILES string of the molecule is CN(N)c1ncnc2c1ncn2C1OC(COP(=O)(NC2(C(=O)OC3CC3)CC2)Oc2ccc(Cl)cc2)[C@@H](O)[C@@]1(C)O. The van der Waals surface area contributed by atoms with Crippen LogP contribution in [-0.4, -0.2) is 78.8 Å². The molecule has 42 heavy (non-hydrogen) atoms. The second-order valence-corrected chi connectivity index (χ2v) is 13.1. The van der Waals surface area contributed by atoms with Crippen LogP contribution < -0.4 is 20.5 Å². The zero-order chi connectivity index (χ0) is 29.9. The Bertz CT molecular complexity index is 1530. The molecule has 2 aromatic heterocycles. The first-order valence-corrected chi connectivity index (χ1v) is 15.2. The number of hydrogen-bond donors (Lipinski definition) is 4. The number of aliphatic hydroxyl groups is 2. The van der Waals surface area contributed by atoms with Crippen molar-refractivity contribution in [2.45, 2.75) is 68.3 Å². The lowest BCUT2D eigenvalue weighted by Crippen LogP contribution is -2.45. The minimum absolute atomic E-state index is 0.138. The summed E-state index contributed by atoms with van der Waals surface area (Å²) in [5.74, 6) is 5.85. The molecule has 5 N–H and O–H groups in total. The van der Waals surface area contributed by atoms with Gasteiger partial charge in [0.05, 0.1) is 12.9 Å². The highest BCUT2D eigenvalue weighted by Crippen LogP contribution is 2.53. The molecule has 17 heteroatoms. The molecule has 3 aliphatic rings. The van der Waals surface area contributed by atoms with E-state index in [4.69, 9.17) is 36.0 Å². The Morgan fingerprint density at radius 3 is 2.64 bits per heavy atom. The first-order valence-electron chi connectivity index (χ1n) is 13.3. The Labute approximate surface area is 245 Å². The Kier molecular flexibility index (Phi) is 7.43. The van der Waals surface area contributed by atoms with E-state index in [1.54, 1.807) is 19.2 Å². The number of fused-ring (bicyclic) bond motifs is 1. The minimum Gasteiger partial charge on any atom is -0.461 e. The van der Waals surface area contributed by atoms with Crippen molar-refractivity contribution in [3.05, 3.63) is 41.9 Å². The topological polar surface area (TPSA) is 196 Å². The number of nitrogens with zero attached hydrogens (tertiary/aromatic N) is 5. The number of aliphatic hydroxyl groups excluding tert-OH is 1. The maximum atomic E-state index is 14.1. The predicted octanol–water partition coefficient (Wildman–Crippen LogP) is 1.83. The van der Waals surface area contributed by atoms with Gasteiger partial charge in [0.15, 0.2) is 23.2 Å². The second-order valence-electron chi connectivity index (χ2n) is 11.0. The standard InChI is InChI=1S/C25H31ClN7O8P/c1-24(36)19(34)17(40-22(24)33-13-30-18-20(32(2)27)28-12-29-21(18)33)11-38-42(37,41-16-5-3-14(26)4-6-16)31-25(9-10-25)23(35)39-15-7-8-15/h3-6,12-13,15,17,19,22,34,36H,7-11,27H2,1-2H3,(H,31,37)/t17?,19-,22?,24-,42?/m1/s1. The van der Waals surface area contributed by atoms with Gasteiger partial charge in [-0.1, -0.05) is 11.6 Å². The third kappa shape index (κ3) is 5.58. The van der Waals surface area contributed by atoms with Crippen molar-refractivity contribution in [2.75, 3.05) is 18.7 Å². The smallest absolute Gasteiger partial charge is 0.459 e. The Morgan fingerprint density at radius 1 is 1.29 bits per heavy atom. The lowest BCUT2D eigenvalue weighted by atomic mass is 9.96. The number of hydrazine groups is 1. The number of carbonyl (C=O) groups is 1. The van der Waals surface area contributed by atoms with Crippen molar-refractivity contribution in [2.24, 2.45) is 5.84 Å². The lowest BCUT2D eigenvalue weighted by Gasteiger charge is -2.27. The third-order valence-corrected chi connectivity index (χ3v) is 9.31. The molecule has 0 amide bonds. The van der Waals surface area contributed by atoms with Gasteiger partial charge in [0.2, 0.25) is 0 Å². The van der Waals surface area contributed by atoms with Crippen LogP contribution in [0.25, 0.3) is 11.2 Å². The van der Waals surface area contributed by atoms with Crippen LogP contribution in [0.2, 0.25) is 5.02 Å². The van der Waals surface area contributed by atoms with E-state index in [1.165, 1.54) is 41.3 Å². The van der Waals surface area contributed by atoms with Gasteiger partial charge < -0.3 is 24.2 Å². The fourth-order valence-electron chi connectivity index (χ4n) is 4.73. The number of esters is 1. The summed E-state index contributed by atoms with van der Waals surface area (Å²) in [5, 5.41) is 26.9. The molecule has 2 saturated carbocycles. The quantitative estimate of drug-likeness (QED) is 0.104. The molecule has 3 heterocycles. The summed E-state index contributed by atoms with van der Waals surface area (Å²) in [6.45, 7) is 0.915. The summed E-state index contributed by atoms with van der Waals surface area (Å²) in [5.41, 5.74) is -2.41. The van der Waals surface area contributed by atoms with Crippen molar-refractivity contribution in [1.29, 1.82) is 0 Å². The number of anilines is 1. The summed E-state index contributed by atoms with van der Waals surface area (Å²) in [4.78, 5) is 25.5. The number of carbonyl (C=O) groups excluding carboxylic acids is 1. The Balaban J connectivity index is 1.23. The summed E-state index contributed by atoms with van der Waals surface area (Å²) in [6, 6.07) is 6.10. The number of ether oxygens (including phenoxy) is 2. The van der Waals surface area contributed by atoms with Gasteiger partial charge in [0.1, 0.15) is 41.5 Å². The van der Waals surface area contributed by atoms with Crippen LogP contribution in [0, 0.1) is 0 Å². The second kappa shape index (κ2) is 10.7. The summed E-state index contributed by atoms with van der Waals surface area (Å²) in [7, 11) is -2.68. The monoisotopic (exact) mass is 623 g/mol. The molecule has 2 aliphatic carbocycles. The number of nitrogens with one attached hydrogen (secondary N) is 1. The van der Waals surface area contributed by atoms with E-state index in [2.05, 4.69) is 20.0 Å². The highest BCUT2D eigenvalue weighted by atomic mass is 35.5. The Morgan fingerprint density at radius 2 is 2.00 bits per heavy atom. The Hall–Kier alpha value is -2.88. The summed E-state index contributed by atoms with van der Waals surface area (Å²) in [6.07, 6.45) is 1.06. The van der Waals surface area contributed by atoms with E-state index in [-0.39, 0.29) is 11.9 Å². The van der Waals surface area contributed by atoms with Crippen LogP contribution >= 0.6 is 19.3 Å². The number of nitrogens with two attached hydrogens (primary N) is 1. The number of imidazole rings is 1. The van der Waals surface area contributed by atoms with E-state index in [0.717, 1.165) is 12.8 Å². The molecule has 5 atom stereocenters. The number of aromatic nitrogens is 4. The van der Waals surface area contributed by atoms with E-state index in [9.17, 15) is 19.6 Å². The lowest BCUT2D eigenvalue weighted by molar-refractivity contribution is -0.148. The molecule has 1 saturated heterocycles. The number of rotatable bonds is 11. The van der Waals surface area contributed by atoms with E-state index < -0.39 is 49.9 Å². The minimum atomic E-state index is -4.28. The highest BCUT2D eigenvalue weighted by Gasteiger charge is 2.58. The average Bonchev–Trinajstić information content (AvgIpc) is 3.86. The average molecular weight is 624 g/mol. The van der Waals surface area contributed by atoms with E-state index in [1.807, 2.05) is 0 Å². The molecular formula is C25H31ClN7O8P. The maximum absolute atomic E-state index is 14.1. The molecule has 6 rings (SSSR count). The van der Waals surface area contributed by atoms with Gasteiger partial charge in [-0.3, -0.25) is 18.9 Å². The van der Waals surface area contributed by atoms with Crippen molar-refractivity contribution in [1.82, 2.24) is 24.6 Å². The molecule has 0 radical (unpaired) electrons. The molecule has 1 aromatic carbocycles. The molecule has 226 valence electrons. The van der Waals surface area contributed by atoms with Crippen LogP contribution in [0.3, 0.4) is 0 Å². The number of hydrogen-bond acceptors (Lipinski definition) is 13. The highest BCUT2D eigenvalue weighted by molar-refractivity contribution is 7.52. The van der Waals surface area contributed by atoms with Crippen LogP contribution in [0.5, 0.6) is 5.75 Å². The molecule has 1 aliphatic heterocycles. The molecular weight excluding hydrogens is 593 g/mol. The first kappa shape index (κ1) is 29.2. The molecule has 3 unspecified atom stereocenters. The molecule has 3 fully saturated rings. The van der Waals surface area contributed by atoms with Crippen molar-refractivity contribution < 1.29 is 38.1 Å². The molecule has 0 bridgehead atoms. The van der Waals surface area contributed by atoms with Gasteiger partial charge >= 0.3 is 13.7 Å². The summed E-state index contributed by atoms with van der Waals surface area (Å²) >= 11 is 5.98. The van der Waals surface area contributed by atoms with Crippen molar-refractivity contribution in [3.63, 3.8) is 0 Å². The van der Waals surface area contributed by atoms with Crippen molar-refractivity contribution >= 4 is 42.3 Å². The number of benzene rings is 1. The van der Waals surface area contributed by atoms with Crippen LogP contribution in [0.4, 0.5) is 5.82 Å². The molecule has 0 spiro atoms. The predicted molar refractivity (Wildman–Crippen MR) is 148 cm³/mol. The maximum Gasteiger partial charge on any atom is 0.459 e. The van der Waals surface area contributed by atoms with E-state index in [0.29, 0.717) is 34.8 Å². The zero-order valence-electron chi connectivity index (χ0n) is 22.8. The van der Waals surface area contributed by atoms with Gasteiger partial charge in [-0.05, 0) is 56.9 Å². The van der Waals surface area contributed by atoms with Gasteiger partial charge in [0.25, 0.3) is 0 Å². The van der Waals surface area contributed by atoms with Crippen molar-refractivity contribution in [3.8, 4) is 5.75 Å². The van der Waals surface area contributed by atoms with Gasteiger partial charge in [-0.2, -0.15) is 5.09 Å². The molecule has 3 aromatic rings. The zero-order valence-corrected chi connectivity index (χ0v) is 24.4. The van der Waals surface area contributed by atoms with Gasteiger partial charge in [0, 0.05) is 12.1 Å². The fourth-order valence-corrected chi connectivity index (χ4v) is 6.60. The van der Waals surface area contributed by atoms with E-state index >= 15 is 0 Å². The fraction of sp³-hybridized carbons (Fsp3) is 0.520. The van der Waals surface area contributed by atoms with Crippen LogP contribution in [-0.2, 0) is 23.4 Å². The van der Waals surface area contributed by atoms with Gasteiger partial charge in [-0.15, -0.1) is 0 Å². The largest absolute Gasteiger partial charge is 0.461 e. The normalized spacial score (nSPS) is 27.9. The third-order valence-electron chi connectivity index (χ3n) is 7.42. The summed E-state index contributed by atoms with van der Waals surface area (Å²) < 4.78 is 38.6. The van der Waals surface area contributed by atoms with Crippen LogP contribution in [0.1, 0.15) is 38.8 Å². The first-order chi connectivity index (χ1) is 19.9. The van der Waals surface area contributed by atoms with Crippen LogP contribution in [0.15, 0.2) is 36.9 Å². The van der Waals surface area contributed by atoms with Gasteiger partial charge in [-0.25, -0.2) is 25.4 Å².